The van der Waals surface area contributed by atoms with Gasteiger partial charge in [-0.05, 0) is 31.6 Å². The number of rotatable bonds is 6. The van der Waals surface area contributed by atoms with E-state index in [2.05, 4.69) is 9.97 Å². The second-order valence-corrected chi connectivity index (χ2v) is 7.98. The number of thioether (sulfide) groups is 1. The lowest BCUT2D eigenvalue weighted by Gasteiger charge is -2.21. The van der Waals surface area contributed by atoms with Crippen LogP contribution in [0.15, 0.2) is 16.9 Å². The molecule has 0 spiro atoms. The Labute approximate surface area is 156 Å². The molecule has 1 aromatic carbocycles. The monoisotopic (exact) mass is 380 g/mol. The summed E-state index contributed by atoms with van der Waals surface area (Å²) in [6.07, 6.45) is 4.36. The summed E-state index contributed by atoms with van der Waals surface area (Å²) in [4.78, 5) is 19.4. The molecular weight excluding hydrogens is 355 g/mol. The van der Waals surface area contributed by atoms with Crippen molar-refractivity contribution in [3.63, 3.8) is 0 Å². The molecule has 1 aliphatic heterocycles. The summed E-state index contributed by atoms with van der Waals surface area (Å²) in [7, 11) is 0. The highest BCUT2D eigenvalue weighted by Crippen LogP contribution is 2.30. The van der Waals surface area contributed by atoms with Crippen molar-refractivity contribution in [2.24, 2.45) is 5.92 Å². The molecule has 0 bridgehead atoms. The molecule has 2 fully saturated rings. The molecular formula is C19H25FN2O3S. The van der Waals surface area contributed by atoms with Gasteiger partial charge in [0.1, 0.15) is 22.8 Å². The molecule has 1 aromatic heterocycles. The smallest absolute Gasteiger partial charge is 0.261 e. The number of halogens is 1. The van der Waals surface area contributed by atoms with Crippen molar-refractivity contribution in [3.8, 4) is 5.75 Å². The van der Waals surface area contributed by atoms with Gasteiger partial charge in [0, 0.05) is 30.6 Å². The van der Waals surface area contributed by atoms with Crippen molar-refractivity contribution >= 4 is 22.7 Å². The molecule has 2 aromatic rings. The van der Waals surface area contributed by atoms with E-state index >= 15 is 0 Å². The van der Waals surface area contributed by atoms with Crippen LogP contribution in [0.3, 0.4) is 0 Å². The lowest BCUT2D eigenvalue weighted by molar-refractivity contribution is 0.1000. The lowest BCUT2D eigenvalue weighted by atomic mass is 10.2. The van der Waals surface area contributed by atoms with E-state index in [0.717, 1.165) is 26.1 Å². The van der Waals surface area contributed by atoms with Crippen LogP contribution < -0.4 is 10.3 Å². The van der Waals surface area contributed by atoms with Crippen LogP contribution in [0.5, 0.6) is 5.75 Å². The van der Waals surface area contributed by atoms with Crippen molar-refractivity contribution in [1.29, 1.82) is 0 Å². The van der Waals surface area contributed by atoms with Gasteiger partial charge in [-0.15, -0.1) is 0 Å². The first-order valence-corrected chi connectivity index (χ1v) is 9.78. The van der Waals surface area contributed by atoms with Crippen molar-refractivity contribution in [1.82, 2.24) is 9.97 Å². The standard InChI is InChI=1S/C18H21FN2O3S.CH4/c19-14-7-12(24-9-11-1-2-11)8-15-17(14)18(22)21-16(20-15)10-25-13-3-5-23-6-4-13;/h7-8,11,13H,1-6,9-10H2,(H,20,21,22);1H4. The Balaban J connectivity index is 0.00000196. The number of ether oxygens (including phenoxy) is 2. The van der Waals surface area contributed by atoms with Crippen molar-refractivity contribution in [2.75, 3.05) is 19.8 Å². The maximum atomic E-state index is 14.3. The van der Waals surface area contributed by atoms with Crippen molar-refractivity contribution in [3.05, 3.63) is 34.1 Å². The summed E-state index contributed by atoms with van der Waals surface area (Å²) >= 11 is 1.76. The van der Waals surface area contributed by atoms with E-state index in [0.29, 0.717) is 40.6 Å². The summed E-state index contributed by atoms with van der Waals surface area (Å²) in [6, 6.07) is 2.94. The number of hydrogen-bond acceptors (Lipinski definition) is 5. The van der Waals surface area contributed by atoms with Gasteiger partial charge in [-0.3, -0.25) is 4.79 Å². The van der Waals surface area contributed by atoms with Crippen molar-refractivity contribution in [2.45, 2.75) is 44.1 Å². The van der Waals surface area contributed by atoms with Crippen LogP contribution >= 0.6 is 11.8 Å². The first-order chi connectivity index (χ1) is 12.2. The Bertz CT molecular complexity index is 816. The number of H-pyrrole nitrogens is 1. The molecule has 1 N–H and O–H groups in total. The second kappa shape index (κ2) is 8.39. The average Bonchev–Trinajstić information content (AvgIpc) is 3.43. The number of nitrogens with zero attached hydrogens (tertiary/aromatic N) is 1. The summed E-state index contributed by atoms with van der Waals surface area (Å²) in [5, 5.41) is 0.512. The molecule has 1 saturated heterocycles. The van der Waals surface area contributed by atoms with Crippen LogP contribution in [0.1, 0.15) is 38.9 Å². The number of aromatic nitrogens is 2. The number of aromatic amines is 1. The van der Waals surface area contributed by atoms with Gasteiger partial charge in [0.25, 0.3) is 5.56 Å². The van der Waals surface area contributed by atoms with Gasteiger partial charge < -0.3 is 14.5 Å². The minimum atomic E-state index is -0.583. The van der Waals surface area contributed by atoms with Crippen LogP contribution in [0, 0.1) is 11.7 Å². The fourth-order valence-corrected chi connectivity index (χ4v) is 3.99. The normalized spacial score (nSPS) is 17.9. The molecule has 7 heteroatoms. The Hall–Kier alpha value is -1.60. The number of nitrogens with one attached hydrogen (secondary N) is 1. The third-order valence-corrected chi connectivity index (χ3v) is 5.97. The number of benzene rings is 1. The Morgan fingerprint density at radius 1 is 1.27 bits per heavy atom. The van der Waals surface area contributed by atoms with E-state index < -0.39 is 11.4 Å². The zero-order chi connectivity index (χ0) is 17.2. The van der Waals surface area contributed by atoms with Gasteiger partial charge in [-0.2, -0.15) is 11.8 Å². The maximum absolute atomic E-state index is 14.3. The predicted molar refractivity (Wildman–Crippen MR) is 102 cm³/mol. The first-order valence-electron chi connectivity index (χ1n) is 8.73. The Kier molecular flexibility index (Phi) is 6.19. The maximum Gasteiger partial charge on any atom is 0.261 e. The van der Waals surface area contributed by atoms with E-state index in [-0.39, 0.29) is 12.8 Å². The molecule has 1 saturated carbocycles. The van der Waals surface area contributed by atoms with E-state index in [1.165, 1.54) is 18.9 Å². The molecule has 2 aliphatic rings. The predicted octanol–water partition coefficient (Wildman–Crippen LogP) is 3.90. The van der Waals surface area contributed by atoms with E-state index in [9.17, 15) is 9.18 Å². The van der Waals surface area contributed by atoms with Gasteiger partial charge >= 0.3 is 0 Å². The SMILES string of the molecule is C.O=c1[nH]c(CSC2CCOCC2)nc2cc(OCC3CC3)cc(F)c12. The average molecular weight is 380 g/mol. The van der Waals surface area contributed by atoms with Crippen molar-refractivity contribution < 1.29 is 13.9 Å². The highest BCUT2D eigenvalue weighted by molar-refractivity contribution is 7.99. The van der Waals surface area contributed by atoms with Crippen LogP contribution in [-0.4, -0.2) is 35.0 Å². The molecule has 26 heavy (non-hydrogen) atoms. The zero-order valence-corrected chi connectivity index (χ0v) is 14.7. The zero-order valence-electron chi connectivity index (χ0n) is 13.9. The third kappa shape index (κ3) is 4.57. The molecule has 0 unspecified atom stereocenters. The summed E-state index contributed by atoms with van der Waals surface area (Å²) in [5.41, 5.74) is -0.0732. The minimum absolute atomic E-state index is 0. The second-order valence-electron chi connectivity index (χ2n) is 6.69. The Morgan fingerprint density at radius 3 is 2.77 bits per heavy atom. The van der Waals surface area contributed by atoms with Crippen LogP contribution in [-0.2, 0) is 10.5 Å². The van der Waals surface area contributed by atoms with E-state index in [4.69, 9.17) is 9.47 Å². The van der Waals surface area contributed by atoms with Crippen LogP contribution in [0.2, 0.25) is 0 Å². The molecule has 2 heterocycles. The number of fused-ring (bicyclic) bond motifs is 1. The lowest BCUT2D eigenvalue weighted by Crippen LogP contribution is -2.18. The quantitative estimate of drug-likeness (QED) is 0.823. The first kappa shape index (κ1) is 19.2. The molecule has 142 valence electrons. The number of hydrogen-bond donors (Lipinski definition) is 1. The fraction of sp³-hybridized carbons (Fsp3) is 0.579. The third-order valence-electron chi connectivity index (χ3n) is 4.59. The van der Waals surface area contributed by atoms with Gasteiger partial charge in [0.05, 0.1) is 17.9 Å². The highest BCUT2D eigenvalue weighted by atomic mass is 32.2. The van der Waals surface area contributed by atoms with Gasteiger partial charge in [0.2, 0.25) is 0 Å². The van der Waals surface area contributed by atoms with Gasteiger partial charge in [0.15, 0.2) is 0 Å². The molecule has 1 aliphatic carbocycles. The molecule has 0 radical (unpaired) electrons. The van der Waals surface area contributed by atoms with Gasteiger partial charge in [-0.25, -0.2) is 9.37 Å². The topological polar surface area (TPSA) is 64.2 Å². The molecule has 0 amide bonds. The molecule has 4 rings (SSSR count). The molecule has 0 atom stereocenters. The summed E-state index contributed by atoms with van der Waals surface area (Å²) < 4.78 is 25.3. The highest BCUT2D eigenvalue weighted by Gasteiger charge is 2.22. The fourth-order valence-electron chi connectivity index (χ4n) is 2.94. The van der Waals surface area contributed by atoms with Crippen LogP contribution in [0.25, 0.3) is 10.9 Å². The van der Waals surface area contributed by atoms with E-state index in [1.54, 1.807) is 17.8 Å². The van der Waals surface area contributed by atoms with Crippen LogP contribution in [0.4, 0.5) is 4.39 Å². The summed E-state index contributed by atoms with van der Waals surface area (Å²) in [6.45, 7) is 2.17. The summed E-state index contributed by atoms with van der Waals surface area (Å²) in [5.74, 6) is 1.62. The van der Waals surface area contributed by atoms with Gasteiger partial charge in [-0.1, -0.05) is 7.43 Å². The minimum Gasteiger partial charge on any atom is -0.493 e. The Morgan fingerprint density at radius 2 is 2.04 bits per heavy atom. The largest absolute Gasteiger partial charge is 0.493 e. The van der Waals surface area contributed by atoms with E-state index in [1.807, 2.05) is 0 Å². The molecule has 5 nitrogen and oxygen atoms in total.